The molecule has 1 aliphatic heterocycles. The third-order valence-electron chi connectivity index (χ3n) is 8.16. The van der Waals surface area contributed by atoms with E-state index < -0.39 is 0 Å². The molecule has 5 rings (SSSR count). The first-order chi connectivity index (χ1) is 17.0. The van der Waals surface area contributed by atoms with Crippen molar-refractivity contribution in [1.82, 2.24) is 14.9 Å². The van der Waals surface area contributed by atoms with Crippen molar-refractivity contribution in [1.29, 1.82) is 0 Å². The predicted molar refractivity (Wildman–Crippen MR) is 138 cm³/mol. The quantitative estimate of drug-likeness (QED) is 0.222. The van der Waals surface area contributed by atoms with E-state index in [4.69, 9.17) is 16.1 Å². The molecule has 1 saturated carbocycles. The first kappa shape index (κ1) is 23.5. The van der Waals surface area contributed by atoms with Gasteiger partial charge >= 0.3 is 0 Å². The van der Waals surface area contributed by atoms with Crippen LogP contribution in [0.2, 0.25) is 0 Å². The van der Waals surface area contributed by atoms with E-state index in [0.29, 0.717) is 18.2 Å². The molecule has 186 valence electrons. The minimum Gasteiger partial charge on any atom is -0.464 e. The fraction of sp³-hybridized carbons (Fsp3) is 0.481. The van der Waals surface area contributed by atoms with E-state index in [-0.39, 0.29) is 23.8 Å². The molecule has 1 amide bonds. The lowest BCUT2D eigenvalue weighted by molar-refractivity contribution is -0.138. The second kappa shape index (κ2) is 9.77. The zero-order valence-corrected chi connectivity index (χ0v) is 20.6. The molecule has 4 atom stereocenters. The summed E-state index contributed by atoms with van der Waals surface area (Å²) in [4.78, 5) is 15.9. The summed E-state index contributed by atoms with van der Waals surface area (Å²) >= 11 is 0. The molecule has 8 nitrogen and oxygen atoms in total. The number of fused-ring (bicyclic) bond motifs is 2. The number of carbonyl (C=O) groups is 1. The number of aryl methyl sites for hydroxylation is 1. The molecule has 3 aromatic rings. The summed E-state index contributed by atoms with van der Waals surface area (Å²) in [5.74, 6) is 13.7. The van der Waals surface area contributed by atoms with Gasteiger partial charge in [-0.05, 0) is 61.3 Å². The lowest BCUT2D eigenvalue weighted by Crippen LogP contribution is -2.55. The molecule has 3 heterocycles. The fourth-order valence-corrected chi connectivity index (χ4v) is 6.56. The Hall–Kier alpha value is -3.26. The van der Waals surface area contributed by atoms with E-state index in [1.54, 1.807) is 6.26 Å². The number of hydrazine groups is 1. The van der Waals surface area contributed by atoms with Crippen molar-refractivity contribution in [2.24, 2.45) is 35.7 Å². The van der Waals surface area contributed by atoms with Crippen LogP contribution < -0.4 is 17.1 Å². The second-order valence-electron chi connectivity index (χ2n) is 10.1. The summed E-state index contributed by atoms with van der Waals surface area (Å²) in [5, 5.41) is 5.07. The van der Waals surface area contributed by atoms with Crippen LogP contribution in [-0.2, 0) is 11.8 Å². The van der Waals surface area contributed by atoms with Gasteiger partial charge in [0, 0.05) is 54.6 Å². The number of likely N-dealkylation sites (tertiary alicyclic amines) is 1. The molecule has 35 heavy (non-hydrogen) atoms. The highest BCUT2D eigenvalue weighted by molar-refractivity contribution is 5.97. The number of amides is 1. The number of carbonyl (C=O) groups excluding carboxylic acids is 1. The van der Waals surface area contributed by atoms with Crippen LogP contribution in [0, 0.1) is 11.8 Å². The smallest absolute Gasteiger partial charge is 0.223 e. The largest absolute Gasteiger partial charge is 0.464 e. The van der Waals surface area contributed by atoms with E-state index in [1.165, 1.54) is 5.56 Å². The molecule has 5 N–H and O–H groups in total. The van der Waals surface area contributed by atoms with Crippen LogP contribution in [0.4, 0.5) is 0 Å². The summed E-state index contributed by atoms with van der Waals surface area (Å²) in [7, 11) is 2.06. The molecular formula is C27H36N6O2. The number of nitrogens with one attached hydrogen (secondary N) is 1. The molecule has 1 aliphatic carbocycles. The van der Waals surface area contributed by atoms with Crippen molar-refractivity contribution in [3.63, 3.8) is 0 Å². The molecule has 0 radical (unpaired) electrons. The van der Waals surface area contributed by atoms with E-state index >= 15 is 0 Å². The number of hydrogen-bond donors (Lipinski definition) is 3. The van der Waals surface area contributed by atoms with E-state index in [9.17, 15) is 4.79 Å². The van der Waals surface area contributed by atoms with Gasteiger partial charge in [-0.1, -0.05) is 25.5 Å². The van der Waals surface area contributed by atoms with Gasteiger partial charge in [0.05, 0.1) is 6.26 Å². The Morgan fingerprint density at radius 2 is 2.09 bits per heavy atom. The third-order valence-corrected chi connectivity index (χ3v) is 8.16. The van der Waals surface area contributed by atoms with Crippen LogP contribution in [0.25, 0.3) is 22.2 Å². The van der Waals surface area contributed by atoms with Gasteiger partial charge in [-0.3, -0.25) is 4.79 Å². The number of piperidine rings is 1. The molecule has 2 aromatic heterocycles. The minimum atomic E-state index is 0.0777. The van der Waals surface area contributed by atoms with Crippen LogP contribution in [0.5, 0.6) is 0 Å². The lowest BCUT2D eigenvalue weighted by Gasteiger charge is -2.47. The van der Waals surface area contributed by atoms with Gasteiger partial charge in [0.15, 0.2) is 0 Å². The molecule has 8 heteroatoms. The first-order valence-corrected chi connectivity index (χ1v) is 12.7. The Morgan fingerprint density at radius 1 is 1.23 bits per heavy atom. The molecule has 1 aromatic carbocycles. The Morgan fingerprint density at radius 3 is 2.83 bits per heavy atom. The standard InChI is InChI=1S/C27H36N6O2/c1-17(21-16-32(2)23-11-4-8-20(26(21)23)24-12-6-14-35-24)15-25(34)33-13-5-9-18-19(27(30-28)31-29)7-3-10-22(18)33/h4,6,8,11-12,14,16-19,22H,3,5,7,9-10,13,15,28-29H2,1-2H3,(H,30,31). The summed E-state index contributed by atoms with van der Waals surface area (Å²) < 4.78 is 7.88. The highest BCUT2D eigenvalue weighted by Crippen LogP contribution is 2.41. The van der Waals surface area contributed by atoms with Crippen LogP contribution >= 0.6 is 0 Å². The number of nitrogens with zero attached hydrogens (tertiary/aromatic N) is 3. The number of nitrogens with two attached hydrogens (primary N) is 2. The van der Waals surface area contributed by atoms with E-state index in [0.717, 1.165) is 60.9 Å². The number of aromatic nitrogens is 1. The first-order valence-electron chi connectivity index (χ1n) is 12.7. The maximum atomic E-state index is 13.7. The predicted octanol–water partition coefficient (Wildman–Crippen LogP) is 4.07. The van der Waals surface area contributed by atoms with Gasteiger partial charge in [-0.15, -0.1) is 0 Å². The van der Waals surface area contributed by atoms with Gasteiger partial charge in [0.25, 0.3) is 0 Å². The number of furan rings is 1. The number of amidine groups is 1. The highest BCUT2D eigenvalue weighted by Gasteiger charge is 2.42. The summed E-state index contributed by atoms with van der Waals surface area (Å²) in [5.41, 5.74) is 6.09. The van der Waals surface area contributed by atoms with E-state index in [2.05, 4.69) is 58.4 Å². The van der Waals surface area contributed by atoms with E-state index in [1.807, 2.05) is 12.1 Å². The average Bonchev–Trinajstić information content (AvgIpc) is 3.53. The number of hydrazone groups is 1. The van der Waals surface area contributed by atoms with Crippen molar-refractivity contribution in [2.45, 2.75) is 57.4 Å². The number of benzene rings is 1. The Kier molecular flexibility index (Phi) is 6.56. The van der Waals surface area contributed by atoms with Crippen molar-refractivity contribution >= 4 is 22.6 Å². The fourth-order valence-electron chi connectivity index (χ4n) is 6.56. The van der Waals surface area contributed by atoms with Crippen molar-refractivity contribution in [3.05, 3.63) is 48.4 Å². The van der Waals surface area contributed by atoms with Gasteiger partial charge < -0.3 is 25.2 Å². The monoisotopic (exact) mass is 476 g/mol. The third kappa shape index (κ3) is 4.20. The molecule has 2 aliphatic rings. The summed E-state index contributed by atoms with van der Waals surface area (Å²) in [6.45, 7) is 2.98. The van der Waals surface area contributed by atoms with Crippen molar-refractivity contribution in [2.75, 3.05) is 6.54 Å². The van der Waals surface area contributed by atoms with Gasteiger partial charge in [-0.2, -0.15) is 5.10 Å². The Bertz CT molecular complexity index is 1210. The van der Waals surface area contributed by atoms with Crippen LogP contribution in [0.3, 0.4) is 0 Å². The zero-order valence-electron chi connectivity index (χ0n) is 20.6. The van der Waals surface area contributed by atoms with Crippen LogP contribution in [0.15, 0.2) is 52.3 Å². The van der Waals surface area contributed by atoms with Gasteiger partial charge in [-0.25, -0.2) is 5.84 Å². The average molecular weight is 477 g/mol. The maximum Gasteiger partial charge on any atom is 0.223 e. The Labute approximate surface area is 206 Å². The maximum absolute atomic E-state index is 13.7. The second-order valence-corrected chi connectivity index (χ2v) is 10.1. The van der Waals surface area contributed by atoms with Crippen molar-refractivity contribution < 1.29 is 9.21 Å². The van der Waals surface area contributed by atoms with Crippen LogP contribution in [-0.4, -0.2) is 33.8 Å². The normalized spacial score (nSPS) is 23.8. The Balaban J connectivity index is 1.40. The zero-order chi connectivity index (χ0) is 24.5. The summed E-state index contributed by atoms with van der Waals surface area (Å²) in [6, 6.07) is 10.4. The van der Waals surface area contributed by atoms with Gasteiger partial charge in [0.2, 0.25) is 5.91 Å². The number of hydrogen-bond acceptors (Lipinski definition) is 5. The minimum absolute atomic E-state index is 0.0777. The molecule has 2 fully saturated rings. The van der Waals surface area contributed by atoms with Crippen LogP contribution in [0.1, 0.15) is 56.9 Å². The molecular weight excluding hydrogens is 440 g/mol. The SMILES string of the molecule is CC(CC(=O)N1CCCC2C(/C(=N/N)NN)CCCC21)c1cn(C)c2cccc(-c3ccco3)c12. The molecule has 4 unspecified atom stereocenters. The summed E-state index contributed by atoms with van der Waals surface area (Å²) in [6.07, 6.45) is 9.50. The topological polar surface area (TPSA) is 115 Å². The molecule has 1 saturated heterocycles. The highest BCUT2D eigenvalue weighted by atomic mass is 16.3. The van der Waals surface area contributed by atoms with Crippen molar-refractivity contribution in [3.8, 4) is 11.3 Å². The van der Waals surface area contributed by atoms with Gasteiger partial charge in [0.1, 0.15) is 11.6 Å². The molecule has 0 bridgehead atoms. The molecule has 0 spiro atoms. The lowest BCUT2D eigenvalue weighted by atomic mass is 9.70. The number of rotatable bonds is 5.